The predicted octanol–water partition coefficient (Wildman–Crippen LogP) is 0.284. The predicted molar refractivity (Wildman–Crippen MR) is 105 cm³/mol. The number of hydrogen-bond donors (Lipinski definition) is 2. The number of tetrazole rings is 1. The van der Waals surface area contributed by atoms with Crippen molar-refractivity contribution in [3.8, 4) is 0 Å². The molecule has 0 amide bonds. The molecule has 2 fully saturated rings. The SMILES string of the molecule is CC(C)[C@@H](c1nnnn1Cc1ccc(F)cc1)[NH+]1CC[NH+](C2CCCC2)CC1. The lowest BCUT2D eigenvalue weighted by Gasteiger charge is -2.37. The first-order valence-electron chi connectivity index (χ1n) is 10.8. The second-order valence-electron chi connectivity index (χ2n) is 8.84. The van der Waals surface area contributed by atoms with Gasteiger partial charge >= 0.3 is 0 Å². The molecule has 1 aromatic heterocycles. The van der Waals surface area contributed by atoms with Crippen LogP contribution in [0.1, 0.15) is 57.0 Å². The van der Waals surface area contributed by atoms with E-state index >= 15 is 0 Å². The lowest BCUT2D eigenvalue weighted by Crippen LogP contribution is -3.29. The van der Waals surface area contributed by atoms with Crippen LogP contribution in [-0.2, 0) is 6.54 Å². The Morgan fingerprint density at radius 2 is 1.75 bits per heavy atom. The summed E-state index contributed by atoms with van der Waals surface area (Å²) in [5, 5.41) is 12.7. The van der Waals surface area contributed by atoms with E-state index in [2.05, 4.69) is 29.4 Å². The van der Waals surface area contributed by atoms with Crippen LogP contribution in [0, 0.1) is 11.7 Å². The Hall–Kier alpha value is -1.86. The smallest absolute Gasteiger partial charge is 0.209 e. The van der Waals surface area contributed by atoms with Crippen LogP contribution in [0.3, 0.4) is 0 Å². The molecule has 1 aromatic carbocycles. The number of piperazine rings is 1. The van der Waals surface area contributed by atoms with Crippen molar-refractivity contribution in [2.24, 2.45) is 5.92 Å². The van der Waals surface area contributed by atoms with Gasteiger partial charge in [0, 0.05) is 5.92 Å². The quantitative estimate of drug-likeness (QED) is 0.748. The number of quaternary nitrogens is 2. The summed E-state index contributed by atoms with van der Waals surface area (Å²) in [6, 6.07) is 7.79. The number of rotatable bonds is 6. The van der Waals surface area contributed by atoms with Crippen molar-refractivity contribution < 1.29 is 14.2 Å². The molecule has 1 aliphatic carbocycles. The summed E-state index contributed by atoms with van der Waals surface area (Å²) in [5.41, 5.74) is 1.02. The molecule has 2 aromatic rings. The molecule has 28 heavy (non-hydrogen) atoms. The summed E-state index contributed by atoms with van der Waals surface area (Å²) in [6.07, 6.45) is 5.65. The summed E-state index contributed by atoms with van der Waals surface area (Å²) in [7, 11) is 0. The van der Waals surface area contributed by atoms with Gasteiger partial charge in [-0.15, -0.1) is 5.10 Å². The van der Waals surface area contributed by atoms with E-state index < -0.39 is 0 Å². The molecule has 0 unspecified atom stereocenters. The van der Waals surface area contributed by atoms with Crippen LogP contribution in [0.25, 0.3) is 0 Å². The molecule has 152 valence electrons. The molecule has 1 atom stereocenters. The second kappa shape index (κ2) is 8.66. The van der Waals surface area contributed by atoms with Crippen molar-refractivity contribution in [2.75, 3.05) is 26.2 Å². The molecule has 1 saturated carbocycles. The minimum absolute atomic E-state index is 0.215. The summed E-state index contributed by atoms with van der Waals surface area (Å²) >= 11 is 0. The third-order valence-corrected chi connectivity index (χ3v) is 6.66. The third kappa shape index (κ3) is 4.25. The Balaban J connectivity index is 1.46. The molecule has 0 spiro atoms. The second-order valence-corrected chi connectivity index (χ2v) is 8.84. The highest BCUT2D eigenvalue weighted by atomic mass is 19.1. The molecule has 6 nitrogen and oxygen atoms in total. The zero-order valence-corrected chi connectivity index (χ0v) is 17.1. The maximum absolute atomic E-state index is 13.2. The van der Waals surface area contributed by atoms with Gasteiger partial charge in [0.05, 0.1) is 12.6 Å². The first kappa shape index (κ1) is 19.5. The van der Waals surface area contributed by atoms with Crippen LogP contribution in [0.2, 0.25) is 0 Å². The van der Waals surface area contributed by atoms with Gasteiger partial charge < -0.3 is 9.80 Å². The Bertz CT molecular complexity index is 745. The van der Waals surface area contributed by atoms with Crippen molar-refractivity contribution >= 4 is 0 Å². The van der Waals surface area contributed by atoms with Gasteiger partial charge in [0.15, 0.2) is 6.04 Å². The molecule has 2 heterocycles. The van der Waals surface area contributed by atoms with Crippen LogP contribution >= 0.6 is 0 Å². The molecule has 7 heteroatoms. The highest BCUT2D eigenvalue weighted by molar-refractivity contribution is 5.16. The average Bonchev–Trinajstić information content (AvgIpc) is 3.37. The van der Waals surface area contributed by atoms with Crippen molar-refractivity contribution in [1.82, 2.24) is 20.2 Å². The topological polar surface area (TPSA) is 52.5 Å². The van der Waals surface area contributed by atoms with Crippen LogP contribution in [-0.4, -0.2) is 52.4 Å². The van der Waals surface area contributed by atoms with E-state index in [0.29, 0.717) is 18.5 Å². The normalized spacial score (nSPS) is 24.7. The summed E-state index contributed by atoms with van der Waals surface area (Å²) < 4.78 is 15.1. The number of benzene rings is 1. The monoisotopic (exact) mass is 388 g/mol. The van der Waals surface area contributed by atoms with Gasteiger partial charge in [0.1, 0.15) is 32.0 Å². The zero-order valence-electron chi connectivity index (χ0n) is 17.1. The minimum Gasteiger partial charge on any atom is -0.323 e. The van der Waals surface area contributed by atoms with Crippen LogP contribution in [0.5, 0.6) is 0 Å². The van der Waals surface area contributed by atoms with E-state index in [1.165, 1.54) is 64.0 Å². The standard InChI is InChI=1S/C21H31FN6/c1-16(2)20(27-13-11-26(12-14-27)19-5-3-4-6-19)21-23-24-25-28(21)15-17-7-9-18(22)10-8-17/h7-10,16,19-20H,3-6,11-15H2,1-2H3/p+2/t20-/m0/s1. The maximum Gasteiger partial charge on any atom is 0.209 e. The highest BCUT2D eigenvalue weighted by Crippen LogP contribution is 2.18. The van der Waals surface area contributed by atoms with Gasteiger partial charge in [-0.05, 0) is 53.8 Å². The van der Waals surface area contributed by atoms with E-state index in [-0.39, 0.29) is 5.82 Å². The number of aromatic nitrogens is 4. The van der Waals surface area contributed by atoms with Gasteiger partial charge in [-0.1, -0.05) is 26.0 Å². The summed E-state index contributed by atoms with van der Waals surface area (Å²) in [4.78, 5) is 3.42. The lowest BCUT2D eigenvalue weighted by atomic mass is 10.00. The zero-order chi connectivity index (χ0) is 19.5. The van der Waals surface area contributed by atoms with Crippen molar-refractivity contribution in [3.05, 3.63) is 41.5 Å². The summed E-state index contributed by atoms with van der Waals surface area (Å²) in [6.45, 7) is 9.98. The molecule has 1 saturated heterocycles. The largest absolute Gasteiger partial charge is 0.323 e. The number of nitrogens with one attached hydrogen (secondary N) is 2. The summed E-state index contributed by atoms with van der Waals surface area (Å²) in [5.74, 6) is 1.20. The minimum atomic E-state index is -0.215. The number of hydrogen-bond acceptors (Lipinski definition) is 3. The van der Waals surface area contributed by atoms with E-state index in [1.807, 2.05) is 21.7 Å². The Labute approximate surface area is 166 Å². The third-order valence-electron chi connectivity index (χ3n) is 6.66. The maximum atomic E-state index is 13.2. The van der Waals surface area contributed by atoms with Crippen LogP contribution in [0.4, 0.5) is 4.39 Å². The van der Waals surface area contributed by atoms with E-state index in [0.717, 1.165) is 17.4 Å². The van der Waals surface area contributed by atoms with Crippen molar-refractivity contribution in [2.45, 2.75) is 58.2 Å². The lowest BCUT2D eigenvalue weighted by molar-refractivity contribution is -1.04. The molecule has 4 rings (SSSR count). The van der Waals surface area contributed by atoms with Crippen molar-refractivity contribution in [1.29, 1.82) is 0 Å². The molecular formula is C21H33FN6+2. The average molecular weight is 389 g/mol. The van der Waals surface area contributed by atoms with Gasteiger partial charge in [0.2, 0.25) is 5.82 Å². The van der Waals surface area contributed by atoms with Gasteiger partial charge in [-0.2, -0.15) is 0 Å². The molecule has 2 N–H and O–H groups in total. The van der Waals surface area contributed by atoms with Gasteiger partial charge in [-0.3, -0.25) is 0 Å². The first-order chi connectivity index (χ1) is 13.6. The van der Waals surface area contributed by atoms with Crippen LogP contribution in [0.15, 0.2) is 24.3 Å². The Kier molecular flexibility index (Phi) is 6.01. The highest BCUT2D eigenvalue weighted by Gasteiger charge is 2.38. The fraction of sp³-hybridized carbons (Fsp3) is 0.667. The Morgan fingerprint density at radius 1 is 1.07 bits per heavy atom. The molecule has 0 radical (unpaired) electrons. The number of halogens is 1. The van der Waals surface area contributed by atoms with E-state index in [4.69, 9.17) is 0 Å². The van der Waals surface area contributed by atoms with E-state index in [1.54, 1.807) is 4.90 Å². The Morgan fingerprint density at radius 3 is 2.39 bits per heavy atom. The van der Waals surface area contributed by atoms with Gasteiger partial charge in [0.25, 0.3) is 0 Å². The number of nitrogens with zero attached hydrogens (tertiary/aromatic N) is 4. The van der Waals surface area contributed by atoms with Gasteiger partial charge in [-0.25, -0.2) is 9.07 Å². The fourth-order valence-electron chi connectivity index (χ4n) is 5.21. The fourth-order valence-corrected chi connectivity index (χ4v) is 5.21. The van der Waals surface area contributed by atoms with Crippen molar-refractivity contribution in [3.63, 3.8) is 0 Å². The first-order valence-corrected chi connectivity index (χ1v) is 10.8. The molecular weight excluding hydrogens is 355 g/mol. The molecule has 0 bridgehead atoms. The molecule has 2 aliphatic rings. The van der Waals surface area contributed by atoms with E-state index in [9.17, 15) is 4.39 Å². The molecule has 1 aliphatic heterocycles. The van der Waals surface area contributed by atoms with Crippen LogP contribution < -0.4 is 9.80 Å².